The molecule has 0 bridgehead atoms. The van der Waals surface area contributed by atoms with Gasteiger partial charge in [-0.2, -0.15) is 0 Å². The first kappa shape index (κ1) is 18.0. The van der Waals surface area contributed by atoms with Gasteiger partial charge in [0.05, 0.1) is 0 Å². The number of halogens is 2. The molecule has 0 aliphatic carbocycles. The van der Waals surface area contributed by atoms with Crippen molar-refractivity contribution in [3.05, 3.63) is 23.9 Å². The van der Waals surface area contributed by atoms with Crippen molar-refractivity contribution in [2.24, 2.45) is 0 Å². The summed E-state index contributed by atoms with van der Waals surface area (Å²) in [5.41, 5.74) is 6.02. The van der Waals surface area contributed by atoms with E-state index >= 15 is 0 Å². The van der Waals surface area contributed by atoms with Gasteiger partial charge in [0, 0.05) is 25.7 Å². The normalized spacial score (nSPS) is 19.3. The third-order valence-electron chi connectivity index (χ3n) is 3.08. The minimum Gasteiger partial charge on any atom is -0.384 e. The van der Waals surface area contributed by atoms with Crippen molar-refractivity contribution in [1.82, 2.24) is 14.8 Å². The third kappa shape index (κ3) is 4.23. The fraction of sp³-hybridized carbons (Fsp3) is 0.500. The molecular weight excluding hydrogens is 287 g/mol. The van der Waals surface area contributed by atoms with Crippen molar-refractivity contribution < 1.29 is 4.79 Å². The Hall–Kier alpha value is -1.04. The van der Waals surface area contributed by atoms with E-state index in [1.54, 1.807) is 18.2 Å². The summed E-state index contributed by atoms with van der Waals surface area (Å²) in [5, 5.41) is 0. The summed E-state index contributed by atoms with van der Waals surface area (Å²) in [5.74, 6) is 0.357. The molecule has 0 saturated carbocycles. The highest BCUT2D eigenvalue weighted by Crippen LogP contribution is 2.12. The molecule has 5 nitrogen and oxygen atoms in total. The third-order valence-corrected chi connectivity index (χ3v) is 3.08. The van der Waals surface area contributed by atoms with E-state index in [2.05, 4.69) is 23.9 Å². The predicted octanol–water partition coefficient (Wildman–Crippen LogP) is 1.28. The van der Waals surface area contributed by atoms with E-state index in [-0.39, 0.29) is 36.8 Å². The van der Waals surface area contributed by atoms with E-state index in [0.717, 1.165) is 19.6 Å². The second-order valence-corrected chi connectivity index (χ2v) is 4.56. The smallest absolute Gasteiger partial charge is 0.272 e. The van der Waals surface area contributed by atoms with E-state index in [9.17, 15) is 4.79 Å². The zero-order valence-corrected chi connectivity index (χ0v) is 12.7. The number of likely N-dealkylation sites (N-methyl/N-ethyl adjacent to an activating group) is 1. The summed E-state index contributed by atoms with van der Waals surface area (Å²) in [7, 11) is 2.07. The summed E-state index contributed by atoms with van der Waals surface area (Å²) in [4.78, 5) is 20.4. The standard InChI is InChI=1S/C12H18N4O.2ClH/c1-9-8-15(2)6-7-16(9)12(17)10-4-3-5-11(13)14-10;;/h3-5,9H,6-8H2,1-2H3,(H2,13,14);2*1H. The lowest BCUT2D eigenvalue weighted by atomic mass is 10.2. The van der Waals surface area contributed by atoms with E-state index in [1.807, 2.05) is 4.90 Å². The molecule has 7 heteroatoms. The number of aromatic nitrogens is 1. The van der Waals surface area contributed by atoms with Crippen LogP contribution in [-0.4, -0.2) is 53.4 Å². The maximum absolute atomic E-state index is 12.3. The molecule has 1 fully saturated rings. The van der Waals surface area contributed by atoms with Gasteiger partial charge in [-0.25, -0.2) is 4.98 Å². The summed E-state index contributed by atoms with van der Waals surface area (Å²) in [6.45, 7) is 4.60. The highest BCUT2D eigenvalue weighted by atomic mass is 35.5. The Morgan fingerprint density at radius 1 is 1.37 bits per heavy atom. The van der Waals surface area contributed by atoms with Gasteiger partial charge in [-0.15, -0.1) is 24.8 Å². The Bertz CT molecular complexity index is 430. The van der Waals surface area contributed by atoms with Gasteiger partial charge in [0.2, 0.25) is 0 Å². The average Bonchev–Trinajstić information content (AvgIpc) is 2.28. The fourth-order valence-corrected chi connectivity index (χ4v) is 2.16. The molecule has 0 spiro atoms. The summed E-state index contributed by atoms with van der Waals surface area (Å²) < 4.78 is 0. The molecule has 1 aromatic heterocycles. The second-order valence-electron chi connectivity index (χ2n) is 4.56. The van der Waals surface area contributed by atoms with Gasteiger partial charge in [-0.3, -0.25) is 4.79 Å². The first-order chi connectivity index (χ1) is 8.08. The van der Waals surface area contributed by atoms with Crippen molar-refractivity contribution >= 4 is 36.5 Å². The molecule has 19 heavy (non-hydrogen) atoms. The highest BCUT2D eigenvalue weighted by molar-refractivity contribution is 5.93. The SMILES string of the molecule is CC1CN(C)CCN1C(=O)c1cccc(N)n1.Cl.Cl. The van der Waals surface area contributed by atoms with Crippen LogP contribution in [0.15, 0.2) is 18.2 Å². The van der Waals surface area contributed by atoms with Crippen LogP contribution in [0.2, 0.25) is 0 Å². The monoisotopic (exact) mass is 306 g/mol. The Labute approximate surface area is 126 Å². The lowest BCUT2D eigenvalue weighted by molar-refractivity contribution is 0.0528. The Balaban J connectivity index is 0.00000162. The van der Waals surface area contributed by atoms with E-state index in [1.165, 1.54) is 0 Å². The van der Waals surface area contributed by atoms with Gasteiger partial charge in [-0.05, 0) is 26.1 Å². The quantitative estimate of drug-likeness (QED) is 0.849. The van der Waals surface area contributed by atoms with Gasteiger partial charge >= 0.3 is 0 Å². The number of nitrogens with zero attached hydrogens (tertiary/aromatic N) is 3. The van der Waals surface area contributed by atoms with Crippen molar-refractivity contribution in [1.29, 1.82) is 0 Å². The number of pyridine rings is 1. The molecule has 0 aromatic carbocycles. The van der Waals surface area contributed by atoms with Crippen LogP contribution in [0.4, 0.5) is 5.82 Å². The summed E-state index contributed by atoms with van der Waals surface area (Å²) in [6.07, 6.45) is 0. The van der Waals surface area contributed by atoms with Crippen LogP contribution in [0.3, 0.4) is 0 Å². The average molecular weight is 307 g/mol. The number of carbonyl (C=O) groups excluding carboxylic acids is 1. The molecule has 2 N–H and O–H groups in total. The van der Waals surface area contributed by atoms with E-state index < -0.39 is 0 Å². The number of carbonyl (C=O) groups is 1. The molecule has 1 aliphatic rings. The largest absolute Gasteiger partial charge is 0.384 e. The first-order valence-corrected chi connectivity index (χ1v) is 5.80. The van der Waals surface area contributed by atoms with Crippen LogP contribution in [0.1, 0.15) is 17.4 Å². The Morgan fingerprint density at radius 3 is 2.63 bits per heavy atom. The number of rotatable bonds is 1. The van der Waals surface area contributed by atoms with Gasteiger partial charge in [-0.1, -0.05) is 6.07 Å². The summed E-state index contributed by atoms with van der Waals surface area (Å²) >= 11 is 0. The first-order valence-electron chi connectivity index (χ1n) is 5.80. The molecule has 1 saturated heterocycles. The predicted molar refractivity (Wildman–Crippen MR) is 81.1 cm³/mol. The molecule has 0 radical (unpaired) electrons. The number of amides is 1. The second kappa shape index (κ2) is 7.53. The number of nitrogen functional groups attached to an aromatic ring is 1. The van der Waals surface area contributed by atoms with Crippen LogP contribution in [-0.2, 0) is 0 Å². The van der Waals surface area contributed by atoms with Gasteiger partial charge in [0.1, 0.15) is 11.5 Å². The van der Waals surface area contributed by atoms with Crippen LogP contribution in [0, 0.1) is 0 Å². The maximum Gasteiger partial charge on any atom is 0.272 e. The number of nitrogens with two attached hydrogens (primary N) is 1. The highest BCUT2D eigenvalue weighted by Gasteiger charge is 2.27. The topological polar surface area (TPSA) is 62.5 Å². The number of anilines is 1. The lowest BCUT2D eigenvalue weighted by Gasteiger charge is -2.38. The minimum absolute atomic E-state index is 0. The zero-order chi connectivity index (χ0) is 12.4. The van der Waals surface area contributed by atoms with Crippen molar-refractivity contribution in [3.8, 4) is 0 Å². The van der Waals surface area contributed by atoms with Crippen molar-refractivity contribution in [2.75, 3.05) is 32.4 Å². The molecule has 2 rings (SSSR count). The number of hydrogen-bond acceptors (Lipinski definition) is 4. The van der Waals surface area contributed by atoms with E-state index in [4.69, 9.17) is 5.73 Å². The van der Waals surface area contributed by atoms with Crippen molar-refractivity contribution in [2.45, 2.75) is 13.0 Å². The van der Waals surface area contributed by atoms with Gasteiger partial charge in [0.25, 0.3) is 5.91 Å². The van der Waals surface area contributed by atoms with Crippen LogP contribution < -0.4 is 5.73 Å². The molecule has 1 amide bonds. The van der Waals surface area contributed by atoms with Gasteiger partial charge in [0.15, 0.2) is 0 Å². The Kier molecular flexibility index (Phi) is 7.11. The minimum atomic E-state index is -0.0297. The molecule has 2 heterocycles. The molecule has 1 atom stereocenters. The molecule has 1 aliphatic heterocycles. The summed E-state index contributed by atoms with van der Waals surface area (Å²) in [6, 6.07) is 5.37. The molecule has 108 valence electrons. The lowest BCUT2D eigenvalue weighted by Crippen LogP contribution is -2.52. The van der Waals surface area contributed by atoms with Crippen molar-refractivity contribution in [3.63, 3.8) is 0 Å². The Morgan fingerprint density at radius 2 is 2.05 bits per heavy atom. The molecular formula is C12H20Cl2N4O. The van der Waals surface area contributed by atoms with Crippen LogP contribution >= 0.6 is 24.8 Å². The van der Waals surface area contributed by atoms with Gasteiger partial charge < -0.3 is 15.5 Å². The molecule has 1 unspecified atom stereocenters. The number of piperazine rings is 1. The van der Waals surface area contributed by atoms with Crippen LogP contribution in [0.25, 0.3) is 0 Å². The fourth-order valence-electron chi connectivity index (χ4n) is 2.16. The molecule has 1 aromatic rings. The number of hydrogen-bond donors (Lipinski definition) is 1. The van der Waals surface area contributed by atoms with Crippen LogP contribution in [0.5, 0.6) is 0 Å². The van der Waals surface area contributed by atoms with E-state index in [0.29, 0.717) is 11.5 Å². The zero-order valence-electron chi connectivity index (χ0n) is 11.1. The maximum atomic E-state index is 12.3.